The zero-order chi connectivity index (χ0) is 20.1. The van der Waals surface area contributed by atoms with Gasteiger partial charge >= 0.3 is 0 Å². The number of nitrogens with one attached hydrogen (secondary N) is 2. The average molecular weight is 377 g/mol. The second-order valence-electron chi connectivity index (χ2n) is 7.27. The molecule has 3 rings (SSSR count). The second-order valence-corrected chi connectivity index (χ2v) is 7.27. The molecular weight excluding hydrogens is 350 g/mol. The second kappa shape index (κ2) is 8.80. The number of pyridine rings is 1. The first-order valence-electron chi connectivity index (χ1n) is 9.48. The number of hydrogen-bond donors (Lipinski definition) is 3. The van der Waals surface area contributed by atoms with Gasteiger partial charge in [-0.1, -0.05) is 32.0 Å². The van der Waals surface area contributed by atoms with Crippen molar-refractivity contribution in [3.05, 3.63) is 59.9 Å². The Balaban J connectivity index is 2.02. The van der Waals surface area contributed by atoms with Crippen LogP contribution < -0.4 is 10.6 Å². The van der Waals surface area contributed by atoms with Crippen molar-refractivity contribution >= 4 is 17.5 Å². The van der Waals surface area contributed by atoms with E-state index in [1.807, 2.05) is 24.3 Å². The predicted molar refractivity (Wildman–Crippen MR) is 114 cm³/mol. The van der Waals surface area contributed by atoms with E-state index >= 15 is 0 Å². The van der Waals surface area contributed by atoms with Crippen molar-refractivity contribution in [3.63, 3.8) is 0 Å². The highest BCUT2D eigenvalue weighted by molar-refractivity contribution is 5.69. The molecule has 6 heteroatoms. The Labute approximate surface area is 166 Å². The third kappa shape index (κ3) is 4.64. The number of aryl methyl sites for hydroxylation is 2. The number of benzene rings is 1. The van der Waals surface area contributed by atoms with Gasteiger partial charge in [-0.15, -0.1) is 0 Å². The molecule has 2 heterocycles. The number of hydrogen-bond acceptors (Lipinski definition) is 6. The number of para-hydroxylation sites is 1. The summed E-state index contributed by atoms with van der Waals surface area (Å²) in [6.07, 6.45) is 3.52. The molecule has 0 amide bonds. The highest BCUT2D eigenvalue weighted by Crippen LogP contribution is 2.27. The minimum absolute atomic E-state index is 0.0117. The molecule has 1 atom stereocenters. The monoisotopic (exact) mass is 377 g/mol. The van der Waals surface area contributed by atoms with Gasteiger partial charge in [-0.25, -0.2) is 4.98 Å². The van der Waals surface area contributed by atoms with Gasteiger partial charge in [0, 0.05) is 29.7 Å². The van der Waals surface area contributed by atoms with Gasteiger partial charge in [-0.3, -0.25) is 4.98 Å². The normalized spacial score (nSPS) is 12.1. The van der Waals surface area contributed by atoms with E-state index in [2.05, 4.69) is 65.4 Å². The summed E-state index contributed by atoms with van der Waals surface area (Å²) in [5.74, 6) is 1.41. The highest BCUT2D eigenvalue weighted by Gasteiger charge is 2.15. The Bertz CT molecular complexity index is 907. The molecule has 0 saturated carbocycles. The summed E-state index contributed by atoms with van der Waals surface area (Å²) >= 11 is 0. The lowest BCUT2D eigenvalue weighted by Crippen LogP contribution is -2.30. The Morgan fingerprint density at radius 3 is 2.39 bits per heavy atom. The smallest absolute Gasteiger partial charge is 0.225 e. The fourth-order valence-corrected chi connectivity index (χ4v) is 2.97. The topological polar surface area (TPSA) is 83.0 Å². The molecule has 0 aliphatic rings. The van der Waals surface area contributed by atoms with Gasteiger partial charge in [-0.05, 0) is 43.0 Å². The van der Waals surface area contributed by atoms with Crippen LogP contribution in [-0.4, -0.2) is 32.7 Å². The molecule has 2 aromatic heterocycles. The fraction of sp³-hybridized carbons (Fsp3) is 0.318. The zero-order valence-electron chi connectivity index (χ0n) is 16.8. The Morgan fingerprint density at radius 1 is 1.04 bits per heavy atom. The zero-order valence-corrected chi connectivity index (χ0v) is 16.8. The highest BCUT2D eigenvalue weighted by atomic mass is 16.3. The maximum atomic E-state index is 9.68. The third-order valence-corrected chi connectivity index (χ3v) is 4.73. The maximum absolute atomic E-state index is 9.68. The van der Waals surface area contributed by atoms with E-state index in [1.165, 1.54) is 0 Å². The van der Waals surface area contributed by atoms with Crippen LogP contribution in [0, 0.1) is 19.8 Å². The molecule has 0 aliphatic carbocycles. The fourth-order valence-electron chi connectivity index (χ4n) is 2.97. The molecule has 6 nitrogen and oxygen atoms in total. The lowest BCUT2D eigenvalue weighted by Gasteiger charge is -2.21. The van der Waals surface area contributed by atoms with Crippen LogP contribution in [-0.2, 0) is 0 Å². The van der Waals surface area contributed by atoms with Crippen molar-refractivity contribution in [1.29, 1.82) is 0 Å². The number of anilines is 3. The average Bonchev–Trinajstić information content (AvgIpc) is 2.69. The van der Waals surface area contributed by atoms with Crippen molar-refractivity contribution in [2.45, 2.75) is 33.7 Å². The van der Waals surface area contributed by atoms with Crippen molar-refractivity contribution in [2.75, 3.05) is 17.2 Å². The molecule has 146 valence electrons. The van der Waals surface area contributed by atoms with Crippen LogP contribution in [0.15, 0.2) is 48.8 Å². The first kappa shape index (κ1) is 19.8. The molecule has 28 heavy (non-hydrogen) atoms. The molecule has 3 aromatic rings. The maximum Gasteiger partial charge on any atom is 0.225 e. The summed E-state index contributed by atoms with van der Waals surface area (Å²) in [6.45, 7) is 8.25. The molecule has 0 radical (unpaired) electrons. The first-order chi connectivity index (χ1) is 13.5. The van der Waals surface area contributed by atoms with Gasteiger partial charge in [0.2, 0.25) is 5.95 Å². The van der Waals surface area contributed by atoms with Crippen LogP contribution in [0.2, 0.25) is 0 Å². The van der Waals surface area contributed by atoms with Crippen LogP contribution in [0.4, 0.5) is 17.5 Å². The number of nitrogens with zero attached hydrogens (tertiary/aromatic N) is 3. The van der Waals surface area contributed by atoms with Gasteiger partial charge in [0.15, 0.2) is 0 Å². The largest absolute Gasteiger partial charge is 0.394 e. The van der Waals surface area contributed by atoms with E-state index in [0.717, 1.165) is 28.1 Å². The summed E-state index contributed by atoms with van der Waals surface area (Å²) in [7, 11) is 0. The van der Waals surface area contributed by atoms with E-state index in [0.29, 0.717) is 11.8 Å². The van der Waals surface area contributed by atoms with E-state index in [9.17, 15) is 5.11 Å². The quantitative estimate of drug-likeness (QED) is 0.568. The Morgan fingerprint density at radius 2 is 1.79 bits per heavy atom. The summed E-state index contributed by atoms with van der Waals surface area (Å²) in [5.41, 5.74) is 4.99. The van der Waals surface area contributed by atoms with Crippen LogP contribution in [0.1, 0.15) is 25.0 Å². The van der Waals surface area contributed by atoms with Gasteiger partial charge in [0.25, 0.3) is 0 Å². The molecule has 0 saturated heterocycles. The molecule has 0 spiro atoms. The standard InChI is InChI=1S/C22H27N5O/c1-14(2)19(13-28)25-22-24-18(17-9-6-10-23-12-17)11-20(27-22)26-21-15(3)7-5-8-16(21)4/h5-12,14,19,28H,13H2,1-4H3,(H2,24,25,26,27)/t19-/m0/s1. The molecule has 0 unspecified atom stereocenters. The van der Waals surface area contributed by atoms with Crippen molar-refractivity contribution in [1.82, 2.24) is 15.0 Å². The molecule has 0 bridgehead atoms. The molecule has 3 N–H and O–H groups in total. The lowest BCUT2D eigenvalue weighted by atomic mass is 10.1. The summed E-state index contributed by atoms with van der Waals surface area (Å²) in [4.78, 5) is 13.5. The van der Waals surface area contributed by atoms with Gasteiger partial charge < -0.3 is 15.7 Å². The predicted octanol–water partition coefficient (Wildman–Crippen LogP) is 4.33. The molecular formula is C22H27N5O. The van der Waals surface area contributed by atoms with Crippen LogP contribution in [0.3, 0.4) is 0 Å². The number of aromatic nitrogens is 3. The summed E-state index contributed by atoms with van der Waals surface area (Å²) in [6, 6.07) is 11.8. The van der Waals surface area contributed by atoms with E-state index in [1.54, 1.807) is 12.4 Å². The number of aliphatic hydroxyl groups excluding tert-OH is 1. The number of rotatable bonds is 7. The van der Waals surface area contributed by atoms with Gasteiger partial charge in [-0.2, -0.15) is 4.98 Å². The minimum atomic E-state index is -0.128. The lowest BCUT2D eigenvalue weighted by molar-refractivity contribution is 0.248. The molecule has 1 aromatic carbocycles. The van der Waals surface area contributed by atoms with Gasteiger partial charge in [0.1, 0.15) is 5.82 Å². The van der Waals surface area contributed by atoms with Crippen molar-refractivity contribution in [3.8, 4) is 11.3 Å². The summed E-state index contributed by atoms with van der Waals surface area (Å²) in [5, 5.41) is 16.4. The number of aliphatic hydroxyl groups is 1. The van der Waals surface area contributed by atoms with Crippen molar-refractivity contribution in [2.24, 2.45) is 5.92 Å². The van der Waals surface area contributed by atoms with Crippen molar-refractivity contribution < 1.29 is 5.11 Å². The summed E-state index contributed by atoms with van der Waals surface area (Å²) < 4.78 is 0. The third-order valence-electron chi connectivity index (χ3n) is 4.73. The Hall–Kier alpha value is -2.99. The minimum Gasteiger partial charge on any atom is -0.394 e. The van der Waals surface area contributed by atoms with E-state index in [-0.39, 0.29) is 18.6 Å². The Kier molecular flexibility index (Phi) is 6.21. The van der Waals surface area contributed by atoms with Gasteiger partial charge in [0.05, 0.1) is 18.3 Å². The van der Waals surface area contributed by atoms with Crippen LogP contribution >= 0.6 is 0 Å². The van der Waals surface area contributed by atoms with Crippen LogP contribution in [0.5, 0.6) is 0 Å². The SMILES string of the molecule is Cc1cccc(C)c1Nc1cc(-c2cccnc2)nc(N[C@@H](CO)C(C)C)n1. The van der Waals surface area contributed by atoms with E-state index in [4.69, 9.17) is 0 Å². The van der Waals surface area contributed by atoms with Crippen LogP contribution in [0.25, 0.3) is 11.3 Å². The molecule has 0 fully saturated rings. The molecule has 0 aliphatic heterocycles. The van der Waals surface area contributed by atoms with E-state index < -0.39 is 0 Å². The first-order valence-corrected chi connectivity index (χ1v) is 9.48.